The average molecular weight is 904 g/mol. The molecule has 2 aromatic heterocycles. The molecule has 2 heterocycles. The molecular formula is C48H43IrN2O2S-. The van der Waals surface area contributed by atoms with Crippen LogP contribution < -0.4 is 0 Å². The molecule has 1 radical (unpaired) electrons. The van der Waals surface area contributed by atoms with Crippen LogP contribution >= 0.6 is 11.3 Å². The van der Waals surface area contributed by atoms with Gasteiger partial charge in [0.2, 0.25) is 0 Å². The molecule has 0 aliphatic rings. The van der Waals surface area contributed by atoms with Crippen LogP contribution in [0.25, 0.3) is 71.2 Å². The number of aliphatic hydroxyl groups is 1. The minimum Gasteiger partial charge on any atom is -0.512 e. The van der Waals surface area contributed by atoms with Crippen LogP contribution in [0.2, 0.25) is 0 Å². The van der Waals surface area contributed by atoms with Crippen LogP contribution in [0.4, 0.5) is 0 Å². The van der Waals surface area contributed by atoms with Crippen molar-refractivity contribution in [3.63, 3.8) is 0 Å². The van der Waals surface area contributed by atoms with E-state index in [-0.39, 0.29) is 31.6 Å². The van der Waals surface area contributed by atoms with Crippen molar-refractivity contribution in [2.75, 3.05) is 0 Å². The fourth-order valence-electron chi connectivity index (χ4n) is 7.12. The number of ketones is 1. The minimum absolute atomic E-state index is 0. The molecule has 0 saturated heterocycles. The number of imidazole rings is 1. The molecule has 6 aromatic carbocycles. The molecule has 0 aliphatic carbocycles. The zero-order valence-corrected chi connectivity index (χ0v) is 34.6. The van der Waals surface area contributed by atoms with Crippen molar-refractivity contribution in [2.24, 2.45) is 0 Å². The molecule has 0 saturated carbocycles. The van der Waals surface area contributed by atoms with E-state index in [1.165, 1.54) is 79.9 Å². The summed E-state index contributed by atoms with van der Waals surface area (Å²) in [5.41, 5.74) is 12.0. The van der Waals surface area contributed by atoms with Gasteiger partial charge in [-0.3, -0.25) is 21.1 Å². The second-order valence-corrected chi connectivity index (χ2v) is 15.0. The molecule has 1 N–H and O–H groups in total. The summed E-state index contributed by atoms with van der Waals surface area (Å²) in [6, 6.07) is 46.1. The second kappa shape index (κ2) is 16.5. The first-order chi connectivity index (χ1) is 25.6. The van der Waals surface area contributed by atoms with E-state index in [2.05, 4.69) is 165 Å². The van der Waals surface area contributed by atoms with Crippen molar-refractivity contribution >= 4 is 49.0 Å². The largest absolute Gasteiger partial charge is 0.512 e. The summed E-state index contributed by atoms with van der Waals surface area (Å²) in [5, 5.41) is 15.8. The van der Waals surface area contributed by atoms with E-state index in [4.69, 9.17) is 10.1 Å². The normalized spacial score (nSPS) is 11.6. The number of hydrogen-bond donors (Lipinski definition) is 1. The molecule has 8 aromatic rings. The first-order valence-corrected chi connectivity index (χ1v) is 18.9. The van der Waals surface area contributed by atoms with E-state index >= 15 is 0 Å². The number of aliphatic hydroxyl groups excluding tert-OH is 1. The van der Waals surface area contributed by atoms with Gasteiger partial charge in [-0.25, -0.2) is 0 Å². The Labute approximate surface area is 335 Å². The Morgan fingerprint density at radius 2 is 1.37 bits per heavy atom. The van der Waals surface area contributed by atoms with E-state index in [9.17, 15) is 4.79 Å². The monoisotopic (exact) mass is 904 g/mol. The number of allylic oxidation sites excluding steroid dienone is 2. The first-order valence-electron chi connectivity index (χ1n) is 18.1. The number of thiophene rings is 1. The van der Waals surface area contributed by atoms with E-state index < -0.39 is 0 Å². The fraction of sp³-hybridized carbons (Fsp3) is 0.167. The molecule has 8 rings (SSSR count). The summed E-state index contributed by atoms with van der Waals surface area (Å²) >= 11 is 1.67. The predicted molar refractivity (Wildman–Crippen MR) is 224 cm³/mol. The van der Waals surface area contributed by atoms with Gasteiger partial charge in [0.15, 0.2) is 5.78 Å². The summed E-state index contributed by atoms with van der Waals surface area (Å²) < 4.78 is 3.64. The Morgan fingerprint density at radius 3 is 2.04 bits per heavy atom. The van der Waals surface area contributed by atoms with Crippen LogP contribution in [0.15, 0.2) is 139 Å². The van der Waals surface area contributed by atoms with Crippen molar-refractivity contribution in [1.29, 1.82) is 0 Å². The van der Waals surface area contributed by atoms with Crippen molar-refractivity contribution in [1.82, 2.24) is 9.55 Å². The number of benzene rings is 6. The third-order valence-electron chi connectivity index (χ3n) is 9.55. The van der Waals surface area contributed by atoms with E-state index in [1.807, 2.05) is 0 Å². The van der Waals surface area contributed by atoms with Crippen molar-refractivity contribution in [3.8, 4) is 39.3 Å². The van der Waals surface area contributed by atoms with Crippen LogP contribution in [0.1, 0.15) is 64.5 Å². The van der Waals surface area contributed by atoms with Gasteiger partial charge >= 0.3 is 0 Å². The molecule has 0 spiro atoms. The molecule has 0 bridgehead atoms. The third-order valence-corrected chi connectivity index (χ3v) is 10.4. The fourth-order valence-corrected chi connectivity index (χ4v) is 7.94. The molecule has 0 aliphatic heterocycles. The van der Waals surface area contributed by atoms with Gasteiger partial charge in [0.25, 0.3) is 0 Å². The quantitative estimate of drug-likeness (QED) is 0.0985. The second-order valence-electron chi connectivity index (χ2n) is 14.2. The summed E-state index contributed by atoms with van der Waals surface area (Å²) in [6.45, 7) is 12.1. The van der Waals surface area contributed by atoms with Crippen LogP contribution in [0.3, 0.4) is 0 Å². The van der Waals surface area contributed by atoms with E-state index in [0.29, 0.717) is 11.8 Å². The molecule has 0 fully saturated rings. The summed E-state index contributed by atoms with van der Waals surface area (Å²) in [5.74, 6) is 1.50. The number of carbonyl (C=O) groups is 1. The zero-order chi connectivity index (χ0) is 37.2. The van der Waals surface area contributed by atoms with Gasteiger partial charge in [0.05, 0.1) is 22.6 Å². The van der Waals surface area contributed by atoms with Crippen LogP contribution in [-0.4, -0.2) is 20.4 Å². The Balaban J connectivity index is 0.000000569. The van der Waals surface area contributed by atoms with Gasteiger partial charge in [-0.1, -0.05) is 146 Å². The predicted octanol–water partition coefficient (Wildman–Crippen LogP) is 13.5. The van der Waals surface area contributed by atoms with E-state index in [1.54, 1.807) is 11.3 Å². The maximum absolute atomic E-state index is 10.0. The number of carbonyl (C=O) groups excluding carboxylic acids is 1. The van der Waals surface area contributed by atoms with Gasteiger partial charge in [0.1, 0.15) is 0 Å². The molecule has 6 heteroatoms. The SMILES string of the molecule is CC(=O)/C=C(/C)O.CC(C)c1cc(-c2ccccc2)cc(C(C)C)c1-n1c(-c2[c-]sc3ccc(-c4cccc5ccccc45)cc23)nc2ccccc21.[Ir]. The summed E-state index contributed by atoms with van der Waals surface area (Å²) in [6.07, 6.45) is 1.17. The van der Waals surface area contributed by atoms with Crippen molar-refractivity contribution < 1.29 is 30.0 Å². The Morgan fingerprint density at radius 1 is 0.722 bits per heavy atom. The van der Waals surface area contributed by atoms with Gasteiger partial charge in [-0.15, -0.1) is 5.39 Å². The Kier molecular flexibility index (Phi) is 11.8. The smallest absolute Gasteiger partial charge is 0.155 e. The molecule has 4 nitrogen and oxygen atoms in total. The number of rotatable bonds is 7. The number of aromatic nitrogens is 2. The number of nitrogens with zero attached hydrogens (tertiary/aromatic N) is 2. The molecular weight excluding hydrogens is 861 g/mol. The van der Waals surface area contributed by atoms with Crippen LogP contribution in [0, 0.1) is 5.38 Å². The molecule has 0 atom stereocenters. The third kappa shape index (κ3) is 7.74. The first kappa shape index (κ1) is 38.6. The summed E-state index contributed by atoms with van der Waals surface area (Å²) in [7, 11) is 0. The molecule has 273 valence electrons. The van der Waals surface area contributed by atoms with Gasteiger partial charge < -0.3 is 9.67 Å². The van der Waals surface area contributed by atoms with E-state index in [0.717, 1.165) is 22.4 Å². The van der Waals surface area contributed by atoms with Crippen LogP contribution in [0.5, 0.6) is 0 Å². The maximum atomic E-state index is 10.0. The Hall–Kier alpha value is -5.13. The number of fused-ring (bicyclic) bond motifs is 3. The summed E-state index contributed by atoms with van der Waals surface area (Å²) in [4.78, 5) is 15.4. The average Bonchev–Trinajstić information content (AvgIpc) is 3.75. The van der Waals surface area contributed by atoms with Crippen molar-refractivity contribution in [3.05, 3.63) is 156 Å². The van der Waals surface area contributed by atoms with Gasteiger partial charge in [-0.05, 0) is 94.1 Å². The maximum Gasteiger partial charge on any atom is 0.155 e. The van der Waals surface area contributed by atoms with Gasteiger partial charge in [-0.2, -0.15) is 0 Å². The Bertz CT molecular complexity index is 2590. The topological polar surface area (TPSA) is 55.1 Å². The standard InChI is InChI=1S/C43H35N2S.C5H8O2.Ir/c1-27(2)35-24-32(29-13-6-5-7-14-29)25-36(28(3)4)42(35)45-40-20-11-10-19-39(40)44-43(45)38-26-46-41-22-21-31(23-37(38)41)34-18-12-16-30-15-8-9-17-33(30)34;1-4(6)3-5(2)7;/h5-25,27-28H,1-4H3;3,6H,1-2H3;/q-1;;/b;4-3-;. The zero-order valence-electron chi connectivity index (χ0n) is 31.3. The molecule has 54 heavy (non-hydrogen) atoms. The van der Waals surface area contributed by atoms with Gasteiger partial charge in [0, 0.05) is 31.9 Å². The van der Waals surface area contributed by atoms with Crippen molar-refractivity contribution in [2.45, 2.75) is 53.4 Å². The number of para-hydroxylation sites is 2. The number of hydrogen-bond acceptors (Lipinski definition) is 4. The molecule has 0 amide bonds. The minimum atomic E-state index is -0.125. The van der Waals surface area contributed by atoms with Crippen LogP contribution in [-0.2, 0) is 24.9 Å². The molecule has 0 unspecified atom stereocenters.